The van der Waals surface area contributed by atoms with E-state index in [9.17, 15) is 5.11 Å². The van der Waals surface area contributed by atoms with Gasteiger partial charge >= 0.3 is 0 Å². The molecule has 1 aromatic rings. The van der Waals surface area contributed by atoms with Gasteiger partial charge in [0, 0.05) is 12.2 Å². The summed E-state index contributed by atoms with van der Waals surface area (Å²) in [5, 5.41) is 16.2. The molecule has 0 bridgehead atoms. The van der Waals surface area contributed by atoms with Crippen LogP contribution in [0.4, 0.5) is 5.69 Å². The number of nitrogens with one attached hydrogen (secondary N) is 2. The summed E-state index contributed by atoms with van der Waals surface area (Å²) in [6.45, 7) is 5.33. The number of aryl methyl sites for hydroxylation is 1. The smallest absolute Gasteiger partial charge is 0.115 e. The molecule has 0 saturated carbocycles. The predicted octanol–water partition coefficient (Wildman–Crippen LogP) is 2.11. The van der Waals surface area contributed by atoms with E-state index in [1.54, 1.807) is 12.1 Å². The lowest BCUT2D eigenvalue weighted by Gasteiger charge is -2.23. The van der Waals surface area contributed by atoms with Crippen molar-refractivity contribution < 1.29 is 5.11 Å². The van der Waals surface area contributed by atoms with E-state index >= 15 is 0 Å². The summed E-state index contributed by atoms with van der Waals surface area (Å²) in [6.07, 6.45) is 2.51. The molecule has 1 heterocycles. The summed E-state index contributed by atoms with van der Waals surface area (Å²) in [5.41, 5.74) is 2.24. The Hall–Kier alpha value is -1.22. The van der Waals surface area contributed by atoms with E-state index in [0.717, 1.165) is 36.8 Å². The zero-order valence-electron chi connectivity index (χ0n) is 9.79. The number of benzene rings is 1. The van der Waals surface area contributed by atoms with E-state index in [1.807, 2.05) is 13.0 Å². The average molecular weight is 220 g/mol. The summed E-state index contributed by atoms with van der Waals surface area (Å²) in [7, 11) is 0. The van der Waals surface area contributed by atoms with Crippen molar-refractivity contribution in [3.63, 3.8) is 0 Å². The van der Waals surface area contributed by atoms with Crippen molar-refractivity contribution in [2.45, 2.75) is 19.8 Å². The van der Waals surface area contributed by atoms with E-state index in [-0.39, 0.29) is 0 Å². The molecule has 0 aromatic heterocycles. The summed E-state index contributed by atoms with van der Waals surface area (Å²) >= 11 is 0. The second-order valence-corrected chi connectivity index (χ2v) is 4.57. The standard InChI is InChI=1S/C13H20N2O/c1-10-8-12(16)2-3-13(10)15-9-11-4-6-14-7-5-11/h2-3,8,11,14-16H,4-7,9H2,1H3. The fourth-order valence-electron chi connectivity index (χ4n) is 2.19. The molecule has 1 fully saturated rings. The van der Waals surface area contributed by atoms with Crippen molar-refractivity contribution in [1.82, 2.24) is 5.32 Å². The first-order chi connectivity index (χ1) is 7.75. The zero-order valence-corrected chi connectivity index (χ0v) is 9.79. The van der Waals surface area contributed by atoms with Gasteiger partial charge in [0.1, 0.15) is 5.75 Å². The number of phenolic OH excluding ortho intramolecular Hbond substituents is 1. The Balaban J connectivity index is 1.88. The summed E-state index contributed by atoms with van der Waals surface area (Å²) in [5.74, 6) is 1.11. The molecule has 16 heavy (non-hydrogen) atoms. The molecule has 3 nitrogen and oxygen atoms in total. The lowest BCUT2D eigenvalue weighted by Crippen LogP contribution is -2.31. The predicted molar refractivity (Wildman–Crippen MR) is 66.9 cm³/mol. The quantitative estimate of drug-likeness (QED) is 0.684. The molecule has 0 amide bonds. The largest absolute Gasteiger partial charge is 0.508 e. The van der Waals surface area contributed by atoms with Crippen LogP contribution in [0.3, 0.4) is 0 Å². The molecule has 0 atom stereocenters. The summed E-state index contributed by atoms with van der Waals surface area (Å²) in [6, 6.07) is 5.48. The van der Waals surface area contributed by atoms with Gasteiger partial charge in [-0.05, 0) is 62.5 Å². The van der Waals surface area contributed by atoms with Crippen LogP contribution in [0.15, 0.2) is 18.2 Å². The third kappa shape index (κ3) is 2.89. The van der Waals surface area contributed by atoms with Crippen molar-refractivity contribution in [1.29, 1.82) is 0 Å². The maximum atomic E-state index is 9.32. The van der Waals surface area contributed by atoms with Crippen LogP contribution in [-0.2, 0) is 0 Å². The van der Waals surface area contributed by atoms with E-state index in [2.05, 4.69) is 10.6 Å². The van der Waals surface area contributed by atoms with E-state index in [1.165, 1.54) is 12.8 Å². The van der Waals surface area contributed by atoms with Gasteiger partial charge < -0.3 is 15.7 Å². The molecule has 3 N–H and O–H groups in total. The van der Waals surface area contributed by atoms with E-state index in [0.29, 0.717) is 5.75 Å². The highest BCUT2D eigenvalue weighted by molar-refractivity contribution is 5.53. The fourth-order valence-corrected chi connectivity index (χ4v) is 2.19. The van der Waals surface area contributed by atoms with Gasteiger partial charge in [0.05, 0.1) is 0 Å². The molecular weight excluding hydrogens is 200 g/mol. The van der Waals surface area contributed by atoms with Gasteiger partial charge in [-0.3, -0.25) is 0 Å². The van der Waals surface area contributed by atoms with E-state index < -0.39 is 0 Å². The van der Waals surface area contributed by atoms with Crippen LogP contribution in [0.1, 0.15) is 18.4 Å². The van der Waals surface area contributed by atoms with Gasteiger partial charge in [0.2, 0.25) is 0 Å². The zero-order chi connectivity index (χ0) is 11.4. The van der Waals surface area contributed by atoms with Gasteiger partial charge in [-0.25, -0.2) is 0 Å². The first-order valence-corrected chi connectivity index (χ1v) is 6.00. The number of aromatic hydroxyl groups is 1. The lowest BCUT2D eigenvalue weighted by molar-refractivity contribution is 0.390. The van der Waals surface area contributed by atoms with Crippen LogP contribution >= 0.6 is 0 Å². The molecule has 1 saturated heterocycles. The summed E-state index contributed by atoms with van der Waals surface area (Å²) in [4.78, 5) is 0. The van der Waals surface area contributed by atoms with Crippen LogP contribution in [0, 0.1) is 12.8 Å². The van der Waals surface area contributed by atoms with Crippen LogP contribution in [0.25, 0.3) is 0 Å². The average Bonchev–Trinajstić information content (AvgIpc) is 2.29. The second kappa shape index (κ2) is 5.21. The van der Waals surface area contributed by atoms with Crippen molar-refractivity contribution >= 4 is 5.69 Å². The van der Waals surface area contributed by atoms with Crippen molar-refractivity contribution in [3.05, 3.63) is 23.8 Å². The molecule has 0 spiro atoms. The van der Waals surface area contributed by atoms with Crippen LogP contribution < -0.4 is 10.6 Å². The maximum Gasteiger partial charge on any atom is 0.115 e. The number of phenols is 1. The molecule has 1 aromatic carbocycles. The Morgan fingerprint density at radius 1 is 1.38 bits per heavy atom. The molecule has 2 rings (SSSR count). The number of anilines is 1. The fraction of sp³-hybridized carbons (Fsp3) is 0.538. The molecule has 0 unspecified atom stereocenters. The highest BCUT2D eigenvalue weighted by atomic mass is 16.3. The molecule has 88 valence electrons. The number of hydrogen-bond acceptors (Lipinski definition) is 3. The Bertz CT molecular complexity index is 346. The second-order valence-electron chi connectivity index (χ2n) is 4.57. The molecule has 0 radical (unpaired) electrons. The molecule has 3 heteroatoms. The Morgan fingerprint density at radius 3 is 2.81 bits per heavy atom. The molecular formula is C13H20N2O. The number of piperidine rings is 1. The minimum absolute atomic E-state index is 0.338. The minimum atomic E-state index is 0.338. The first kappa shape index (κ1) is 11.3. The van der Waals surface area contributed by atoms with Crippen molar-refractivity contribution in [2.24, 2.45) is 5.92 Å². The Kier molecular flexibility index (Phi) is 3.67. The third-order valence-corrected chi connectivity index (χ3v) is 3.25. The topological polar surface area (TPSA) is 44.3 Å². The maximum absolute atomic E-state index is 9.32. The molecule has 0 aliphatic carbocycles. The normalized spacial score (nSPS) is 17.3. The summed E-state index contributed by atoms with van der Waals surface area (Å²) < 4.78 is 0. The molecule has 1 aliphatic heterocycles. The minimum Gasteiger partial charge on any atom is -0.508 e. The highest BCUT2D eigenvalue weighted by Crippen LogP contribution is 2.21. The van der Waals surface area contributed by atoms with Crippen LogP contribution in [0.2, 0.25) is 0 Å². The monoisotopic (exact) mass is 220 g/mol. The number of rotatable bonds is 3. The Labute approximate surface area is 96.9 Å². The van der Waals surface area contributed by atoms with Crippen LogP contribution in [-0.4, -0.2) is 24.7 Å². The van der Waals surface area contributed by atoms with Gasteiger partial charge in [0.15, 0.2) is 0 Å². The van der Waals surface area contributed by atoms with E-state index in [4.69, 9.17) is 0 Å². The van der Waals surface area contributed by atoms with Crippen LogP contribution in [0.5, 0.6) is 5.75 Å². The van der Waals surface area contributed by atoms with Crippen molar-refractivity contribution in [3.8, 4) is 5.75 Å². The number of hydrogen-bond donors (Lipinski definition) is 3. The van der Waals surface area contributed by atoms with Gasteiger partial charge in [-0.15, -0.1) is 0 Å². The van der Waals surface area contributed by atoms with Gasteiger partial charge in [-0.1, -0.05) is 0 Å². The van der Waals surface area contributed by atoms with Gasteiger partial charge in [0.25, 0.3) is 0 Å². The Morgan fingerprint density at radius 2 is 2.12 bits per heavy atom. The SMILES string of the molecule is Cc1cc(O)ccc1NCC1CCNCC1. The van der Waals surface area contributed by atoms with Crippen molar-refractivity contribution in [2.75, 3.05) is 25.0 Å². The third-order valence-electron chi connectivity index (χ3n) is 3.25. The lowest BCUT2D eigenvalue weighted by atomic mass is 9.98. The van der Waals surface area contributed by atoms with Gasteiger partial charge in [-0.2, -0.15) is 0 Å². The first-order valence-electron chi connectivity index (χ1n) is 6.00. The molecule has 1 aliphatic rings. The highest BCUT2D eigenvalue weighted by Gasteiger charge is 2.12.